The smallest absolute Gasteiger partial charge is 0.0984 e. The molecule has 0 saturated heterocycles. The molecule has 2 nitrogen and oxygen atoms in total. The quantitative estimate of drug-likeness (QED) is 0.775. The van der Waals surface area contributed by atoms with Crippen LogP contribution in [0.3, 0.4) is 0 Å². The monoisotopic (exact) mass is 213 g/mol. The zero-order chi connectivity index (χ0) is 9.97. The summed E-state index contributed by atoms with van der Waals surface area (Å²) in [5, 5.41) is 3.96. The SMILES string of the molecule is CNC1=CC=C(Cl)C(OCC2CC2)C1. The van der Waals surface area contributed by atoms with Crippen LogP contribution < -0.4 is 5.32 Å². The molecule has 0 aromatic heterocycles. The van der Waals surface area contributed by atoms with Gasteiger partial charge in [0.25, 0.3) is 0 Å². The zero-order valence-electron chi connectivity index (χ0n) is 8.42. The summed E-state index contributed by atoms with van der Waals surface area (Å²) in [4.78, 5) is 0. The third kappa shape index (κ3) is 2.52. The van der Waals surface area contributed by atoms with E-state index in [1.54, 1.807) is 0 Å². The molecule has 1 fully saturated rings. The van der Waals surface area contributed by atoms with Crippen LogP contribution in [-0.2, 0) is 4.74 Å². The lowest BCUT2D eigenvalue weighted by molar-refractivity contribution is 0.0725. The van der Waals surface area contributed by atoms with Gasteiger partial charge in [-0.05, 0) is 30.9 Å². The summed E-state index contributed by atoms with van der Waals surface area (Å²) in [6.07, 6.45) is 7.53. The van der Waals surface area contributed by atoms with E-state index >= 15 is 0 Å². The minimum absolute atomic E-state index is 0.0738. The highest BCUT2D eigenvalue weighted by Crippen LogP contribution is 2.31. The molecule has 0 heterocycles. The minimum Gasteiger partial charge on any atom is -0.391 e. The van der Waals surface area contributed by atoms with Crippen molar-refractivity contribution in [2.75, 3.05) is 13.7 Å². The summed E-state index contributed by atoms with van der Waals surface area (Å²) >= 11 is 6.07. The Kier molecular flexibility index (Phi) is 3.14. The Morgan fingerprint density at radius 1 is 1.50 bits per heavy atom. The van der Waals surface area contributed by atoms with Crippen molar-refractivity contribution >= 4 is 11.6 Å². The lowest BCUT2D eigenvalue weighted by Crippen LogP contribution is -2.22. The second-order valence-corrected chi connectivity index (χ2v) is 4.40. The molecule has 3 heteroatoms. The van der Waals surface area contributed by atoms with Crippen LogP contribution in [0.1, 0.15) is 19.3 Å². The average molecular weight is 214 g/mol. The third-order valence-corrected chi connectivity index (χ3v) is 3.08. The predicted molar refractivity (Wildman–Crippen MR) is 58.2 cm³/mol. The van der Waals surface area contributed by atoms with Gasteiger partial charge in [-0.25, -0.2) is 0 Å². The normalized spacial score (nSPS) is 26.9. The maximum atomic E-state index is 6.07. The van der Waals surface area contributed by atoms with Crippen LogP contribution in [0.5, 0.6) is 0 Å². The van der Waals surface area contributed by atoms with Gasteiger partial charge in [0.2, 0.25) is 0 Å². The van der Waals surface area contributed by atoms with Crippen molar-refractivity contribution in [3.63, 3.8) is 0 Å². The average Bonchev–Trinajstić information content (AvgIpc) is 3.00. The van der Waals surface area contributed by atoms with Gasteiger partial charge in [0.15, 0.2) is 0 Å². The van der Waals surface area contributed by atoms with Crippen LogP contribution >= 0.6 is 11.6 Å². The Morgan fingerprint density at radius 2 is 2.29 bits per heavy atom. The van der Waals surface area contributed by atoms with Gasteiger partial charge in [-0.2, -0.15) is 0 Å². The van der Waals surface area contributed by atoms with Gasteiger partial charge < -0.3 is 10.1 Å². The minimum atomic E-state index is 0.0738. The van der Waals surface area contributed by atoms with Crippen molar-refractivity contribution in [1.82, 2.24) is 5.32 Å². The first-order chi connectivity index (χ1) is 6.79. The van der Waals surface area contributed by atoms with E-state index in [1.165, 1.54) is 18.5 Å². The zero-order valence-corrected chi connectivity index (χ0v) is 9.18. The number of hydrogen-bond donors (Lipinski definition) is 1. The molecule has 0 radical (unpaired) electrons. The van der Waals surface area contributed by atoms with Crippen LogP contribution in [0.4, 0.5) is 0 Å². The van der Waals surface area contributed by atoms with Gasteiger partial charge in [-0.15, -0.1) is 0 Å². The Hall–Kier alpha value is -0.470. The molecule has 1 atom stereocenters. The molecule has 2 aliphatic carbocycles. The van der Waals surface area contributed by atoms with Crippen molar-refractivity contribution < 1.29 is 4.74 Å². The van der Waals surface area contributed by atoms with E-state index in [1.807, 2.05) is 19.2 Å². The predicted octanol–water partition coefficient (Wildman–Crippen LogP) is 2.41. The van der Waals surface area contributed by atoms with Gasteiger partial charge in [0.1, 0.15) is 0 Å². The summed E-state index contributed by atoms with van der Waals surface area (Å²) in [7, 11) is 1.93. The molecule has 0 aromatic rings. The van der Waals surface area contributed by atoms with Gasteiger partial charge in [0.05, 0.1) is 12.7 Å². The third-order valence-electron chi connectivity index (χ3n) is 2.71. The van der Waals surface area contributed by atoms with Gasteiger partial charge in [-0.3, -0.25) is 0 Å². The molecule has 78 valence electrons. The molecule has 0 aromatic carbocycles. The molecular formula is C11H16ClNO. The first-order valence-corrected chi connectivity index (χ1v) is 5.53. The number of halogens is 1. The second kappa shape index (κ2) is 4.37. The van der Waals surface area contributed by atoms with Crippen LogP contribution in [0.25, 0.3) is 0 Å². The molecule has 1 unspecified atom stereocenters. The molecule has 1 N–H and O–H groups in total. The van der Waals surface area contributed by atoms with E-state index in [4.69, 9.17) is 16.3 Å². The lowest BCUT2D eigenvalue weighted by atomic mass is 10.1. The fourth-order valence-electron chi connectivity index (χ4n) is 1.51. The summed E-state index contributed by atoms with van der Waals surface area (Å²) in [6, 6.07) is 0. The van der Waals surface area contributed by atoms with Crippen LogP contribution in [-0.4, -0.2) is 19.8 Å². The topological polar surface area (TPSA) is 21.3 Å². The van der Waals surface area contributed by atoms with E-state index in [2.05, 4.69) is 5.32 Å². The fourth-order valence-corrected chi connectivity index (χ4v) is 1.72. The van der Waals surface area contributed by atoms with Crippen LogP contribution in [0.15, 0.2) is 22.9 Å². The van der Waals surface area contributed by atoms with Crippen molar-refractivity contribution in [3.05, 3.63) is 22.9 Å². The number of rotatable bonds is 4. The van der Waals surface area contributed by atoms with Crippen molar-refractivity contribution in [3.8, 4) is 0 Å². The first-order valence-electron chi connectivity index (χ1n) is 5.15. The van der Waals surface area contributed by atoms with Gasteiger partial charge in [-0.1, -0.05) is 11.6 Å². The van der Waals surface area contributed by atoms with E-state index in [9.17, 15) is 0 Å². The highest BCUT2D eigenvalue weighted by atomic mass is 35.5. The summed E-state index contributed by atoms with van der Waals surface area (Å²) in [6.45, 7) is 0.867. The summed E-state index contributed by atoms with van der Waals surface area (Å²) in [5.74, 6) is 0.795. The number of hydrogen-bond acceptors (Lipinski definition) is 2. The fraction of sp³-hybridized carbons (Fsp3) is 0.636. The Balaban J connectivity index is 1.85. The molecule has 0 spiro atoms. The van der Waals surface area contributed by atoms with Crippen molar-refractivity contribution in [1.29, 1.82) is 0 Å². The van der Waals surface area contributed by atoms with E-state index in [-0.39, 0.29) is 6.10 Å². The number of nitrogens with one attached hydrogen (secondary N) is 1. The van der Waals surface area contributed by atoms with Crippen LogP contribution in [0, 0.1) is 5.92 Å². The first kappa shape index (κ1) is 10.1. The summed E-state index contributed by atoms with van der Waals surface area (Å²) < 4.78 is 5.77. The standard InChI is InChI=1S/C11H16ClNO/c1-13-9-4-5-10(12)11(6-9)14-7-8-2-3-8/h4-5,8,11,13H,2-3,6-7H2,1H3. The molecule has 0 bridgehead atoms. The largest absolute Gasteiger partial charge is 0.391 e. The molecular weight excluding hydrogens is 198 g/mol. The van der Waals surface area contributed by atoms with Crippen LogP contribution in [0.2, 0.25) is 0 Å². The summed E-state index contributed by atoms with van der Waals surface area (Å²) in [5.41, 5.74) is 1.19. The van der Waals surface area contributed by atoms with E-state index in [0.29, 0.717) is 0 Å². The molecule has 2 aliphatic rings. The molecule has 14 heavy (non-hydrogen) atoms. The highest BCUT2D eigenvalue weighted by molar-refractivity contribution is 6.30. The molecule has 0 amide bonds. The molecule has 1 saturated carbocycles. The van der Waals surface area contributed by atoms with Gasteiger partial charge >= 0.3 is 0 Å². The van der Waals surface area contributed by atoms with E-state index < -0.39 is 0 Å². The van der Waals surface area contributed by atoms with Crippen molar-refractivity contribution in [2.45, 2.75) is 25.4 Å². The Morgan fingerprint density at radius 3 is 2.93 bits per heavy atom. The second-order valence-electron chi connectivity index (χ2n) is 3.96. The maximum absolute atomic E-state index is 6.07. The van der Waals surface area contributed by atoms with Gasteiger partial charge in [0, 0.05) is 24.2 Å². The highest BCUT2D eigenvalue weighted by Gasteiger charge is 2.25. The number of allylic oxidation sites excluding steroid dienone is 2. The maximum Gasteiger partial charge on any atom is 0.0984 e. The number of ether oxygens (including phenoxy) is 1. The van der Waals surface area contributed by atoms with E-state index in [0.717, 1.165) is 24.0 Å². The Bertz CT molecular complexity index is 268. The van der Waals surface area contributed by atoms with Crippen molar-refractivity contribution in [2.24, 2.45) is 5.92 Å². The molecule has 2 rings (SSSR count). The lowest BCUT2D eigenvalue weighted by Gasteiger charge is -2.21. The molecule has 0 aliphatic heterocycles. The Labute approximate surface area is 90.0 Å².